The molecule has 0 aliphatic heterocycles. The van der Waals surface area contributed by atoms with E-state index in [1.165, 1.54) is 5.56 Å². The van der Waals surface area contributed by atoms with E-state index in [0.29, 0.717) is 6.04 Å². The Morgan fingerprint density at radius 1 is 1.31 bits per heavy atom. The number of aromatic nitrogens is 2. The lowest BCUT2D eigenvalue weighted by Crippen LogP contribution is -2.22. The van der Waals surface area contributed by atoms with Gasteiger partial charge in [0.2, 0.25) is 0 Å². The van der Waals surface area contributed by atoms with E-state index >= 15 is 0 Å². The first-order valence-corrected chi connectivity index (χ1v) is 5.60. The van der Waals surface area contributed by atoms with Gasteiger partial charge < -0.3 is 9.88 Å². The normalized spacial score (nSPS) is 12.6. The number of benzene rings is 1. The van der Waals surface area contributed by atoms with Crippen molar-refractivity contribution < 1.29 is 0 Å². The number of nitrogens with zero attached hydrogens (tertiary/aromatic N) is 2. The molecule has 0 spiro atoms. The largest absolute Gasteiger partial charge is 0.336 e. The molecule has 0 saturated heterocycles. The molecule has 84 valence electrons. The maximum atomic E-state index is 4.01. The molecular weight excluding hydrogens is 198 g/mol. The molecular formula is C13H17N3. The molecule has 1 aromatic heterocycles. The Morgan fingerprint density at radius 3 is 2.81 bits per heavy atom. The smallest absolute Gasteiger partial charge is 0.0946 e. The number of hydrogen-bond acceptors (Lipinski definition) is 2. The van der Waals surface area contributed by atoms with Gasteiger partial charge in [0.1, 0.15) is 0 Å². The van der Waals surface area contributed by atoms with Crippen molar-refractivity contribution in [3.63, 3.8) is 0 Å². The van der Waals surface area contributed by atoms with Crippen LogP contribution in [0, 0.1) is 0 Å². The van der Waals surface area contributed by atoms with Crippen molar-refractivity contribution in [1.29, 1.82) is 0 Å². The van der Waals surface area contributed by atoms with Gasteiger partial charge in [-0.25, -0.2) is 4.98 Å². The Kier molecular flexibility index (Phi) is 3.72. The number of nitrogens with one attached hydrogen (secondary N) is 1. The fourth-order valence-corrected chi connectivity index (χ4v) is 1.69. The molecule has 0 aliphatic carbocycles. The Labute approximate surface area is 96.1 Å². The SMILES string of the molecule is CC(NCCn1ccnc1)c1ccccc1. The van der Waals surface area contributed by atoms with E-state index in [1.807, 2.05) is 18.6 Å². The molecule has 0 amide bonds. The van der Waals surface area contributed by atoms with E-state index in [1.54, 1.807) is 6.20 Å². The van der Waals surface area contributed by atoms with Gasteiger partial charge in [-0.3, -0.25) is 0 Å². The monoisotopic (exact) mass is 215 g/mol. The van der Waals surface area contributed by atoms with Crippen LogP contribution in [0.4, 0.5) is 0 Å². The lowest BCUT2D eigenvalue weighted by Gasteiger charge is -2.14. The van der Waals surface area contributed by atoms with Crippen LogP contribution in [0.3, 0.4) is 0 Å². The average Bonchev–Trinajstić information content (AvgIpc) is 2.83. The minimum absolute atomic E-state index is 0.393. The van der Waals surface area contributed by atoms with Crippen molar-refractivity contribution in [3.8, 4) is 0 Å². The number of rotatable bonds is 5. The molecule has 16 heavy (non-hydrogen) atoms. The summed E-state index contributed by atoms with van der Waals surface area (Å²) in [4.78, 5) is 4.01. The van der Waals surface area contributed by atoms with Crippen LogP contribution < -0.4 is 5.32 Å². The van der Waals surface area contributed by atoms with Crippen LogP contribution in [-0.4, -0.2) is 16.1 Å². The van der Waals surface area contributed by atoms with Crippen LogP contribution in [0.15, 0.2) is 49.1 Å². The molecule has 3 nitrogen and oxygen atoms in total. The molecule has 2 aromatic rings. The van der Waals surface area contributed by atoms with Crippen molar-refractivity contribution in [2.45, 2.75) is 19.5 Å². The van der Waals surface area contributed by atoms with Crippen LogP contribution in [0.2, 0.25) is 0 Å². The summed E-state index contributed by atoms with van der Waals surface area (Å²) in [5.74, 6) is 0. The molecule has 0 radical (unpaired) electrons. The van der Waals surface area contributed by atoms with E-state index in [-0.39, 0.29) is 0 Å². The molecule has 1 heterocycles. The van der Waals surface area contributed by atoms with Crippen LogP contribution in [-0.2, 0) is 6.54 Å². The Bertz CT molecular complexity index is 394. The predicted octanol–water partition coefficient (Wildman–Crippen LogP) is 2.23. The number of hydrogen-bond donors (Lipinski definition) is 1. The molecule has 1 atom stereocenters. The molecule has 1 unspecified atom stereocenters. The van der Waals surface area contributed by atoms with Gasteiger partial charge in [-0.15, -0.1) is 0 Å². The highest BCUT2D eigenvalue weighted by molar-refractivity contribution is 5.17. The standard InChI is InChI=1S/C13H17N3/c1-12(13-5-3-2-4-6-13)15-8-10-16-9-7-14-11-16/h2-7,9,11-12,15H,8,10H2,1H3. The lowest BCUT2D eigenvalue weighted by molar-refractivity contribution is 0.531. The first kappa shape index (κ1) is 10.9. The van der Waals surface area contributed by atoms with Crippen molar-refractivity contribution in [2.24, 2.45) is 0 Å². The summed E-state index contributed by atoms with van der Waals surface area (Å²) in [6.45, 7) is 4.09. The summed E-state index contributed by atoms with van der Waals surface area (Å²) in [5, 5.41) is 3.49. The first-order chi connectivity index (χ1) is 7.86. The molecule has 0 fully saturated rings. The van der Waals surface area contributed by atoms with Crippen molar-refractivity contribution in [1.82, 2.24) is 14.9 Å². The highest BCUT2D eigenvalue weighted by atomic mass is 15.0. The second-order valence-electron chi connectivity index (χ2n) is 3.89. The Morgan fingerprint density at radius 2 is 2.12 bits per heavy atom. The third-order valence-corrected chi connectivity index (χ3v) is 2.68. The molecule has 0 aliphatic rings. The zero-order valence-corrected chi connectivity index (χ0v) is 9.50. The van der Waals surface area contributed by atoms with Gasteiger partial charge >= 0.3 is 0 Å². The molecule has 1 aromatic carbocycles. The van der Waals surface area contributed by atoms with E-state index in [9.17, 15) is 0 Å². The van der Waals surface area contributed by atoms with Gasteiger partial charge in [-0.1, -0.05) is 30.3 Å². The maximum Gasteiger partial charge on any atom is 0.0946 e. The van der Waals surface area contributed by atoms with Gasteiger partial charge in [0, 0.05) is 31.5 Å². The minimum Gasteiger partial charge on any atom is -0.336 e. The highest BCUT2D eigenvalue weighted by Crippen LogP contribution is 2.10. The molecule has 3 heteroatoms. The van der Waals surface area contributed by atoms with Crippen LogP contribution >= 0.6 is 0 Å². The summed E-state index contributed by atoms with van der Waals surface area (Å²) >= 11 is 0. The second-order valence-corrected chi connectivity index (χ2v) is 3.89. The van der Waals surface area contributed by atoms with Crippen LogP contribution in [0.5, 0.6) is 0 Å². The van der Waals surface area contributed by atoms with E-state index in [2.05, 4.69) is 46.1 Å². The highest BCUT2D eigenvalue weighted by Gasteiger charge is 2.02. The molecule has 1 N–H and O–H groups in total. The fraction of sp³-hybridized carbons (Fsp3) is 0.308. The van der Waals surface area contributed by atoms with Gasteiger partial charge in [0.15, 0.2) is 0 Å². The topological polar surface area (TPSA) is 29.9 Å². The fourth-order valence-electron chi connectivity index (χ4n) is 1.69. The van der Waals surface area contributed by atoms with Crippen LogP contribution in [0.25, 0.3) is 0 Å². The Balaban J connectivity index is 1.78. The first-order valence-electron chi connectivity index (χ1n) is 5.60. The second kappa shape index (κ2) is 5.47. The van der Waals surface area contributed by atoms with Crippen LogP contribution in [0.1, 0.15) is 18.5 Å². The molecule has 2 rings (SSSR count). The van der Waals surface area contributed by atoms with E-state index < -0.39 is 0 Å². The lowest BCUT2D eigenvalue weighted by atomic mass is 10.1. The summed E-state index contributed by atoms with van der Waals surface area (Å²) < 4.78 is 2.07. The zero-order chi connectivity index (χ0) is 11.2. The third kappa shape index (κ3) is 2.94. The maximum absolute atomic E-state index is 4.01. The molecule has 0 saturated carbocycles. The minimum atomic E-state index is 0.393. The van der Waals surface area contributed by atoms with Crippen molar-refractivity contribution >= 4 is 0 Å². The van der Waals surface area contributed by atoms with Gasteiger partial charge in [0.25, 0.3) is 0 Å². The molecule has 0 bridgehead atoms. The summed E-state index contributed by atoms with van der Waals surface area (Å²) in [6.07, 6.45) is 5.63. The number of imidazole rings is 1. The summed E-state index contributed by atoms with van der Waals surface area (Å²) in [5.41, 5.74) is 1.33. The Hall–Kier alpha value is -1.61. The van der Waals surface area contributed by atoms with Gasteiger partial charge in [0.05, 0.1) is 6.33 Å². The zero-order valence-electron chi connectivity index (χ0n) is 9.50. The van der Waals surface area contributed by atoms with Gasteiger partial charge in [-0.2, -0.15) is 0 Å². The average molecular weight is 215 g/mol. The third-order valence-electron chi connectivity index (χ3n) is 2.68. The van der Waals surface area contributed by atoms with Crippen molar-refractivity contribution in [3.05, 3.63) is 54.6 Å². The van der Waals surface area contributed by atoms with Gasteiger partial charge in [-0.05, 0) is 12.5 Å². The van der Waals surface area contributed by atoms with E-state index in [0.717, 1.165) is 13.1 Å². The van der Waals surface area contributed by atoms with E-state index in [4.69, 9.17) is 0 Å². The van der Waals surface area contributed by atoms with Crippen molar-refractivity contribution in [2.75, 3.05) is 6.54 Å². The summed E-state index contributed by atoms with van der Waals surface area (Å²) in [6, 6.07) is 10.9. The predicted molar refractivity (Wildman–Crippen MR) is 65.1 cm³/mol. The summed E-state index contributed by atoms with van der Waals surface area (Å²) in [7, 11) is 0. The quantitative estimate of drug-likeness (QED) is 0.829.